The first-order valence-corrected chi connectivity index (χ1v) is 8.79. The summed E-state index contributed by atoms with van der Waals surface area (Å²) >= 11 is 0. The molecule has 0 saturated heterocycles. The Kier molecular flexibility index (Phi) is 4.81. The van der Waals surface area contributed by atoms with Crippen LogP contribution in [0.5, 0.6) is 5.75 Å². The Morgan fingerprint density at radius 1 is 1.07 bits per heavy atom. The lowest BCUT2D eigenvalue weighted by molar-refractivity contribution is 0.181. The number of hydrogen-bond acceptors (Lipinski definition) is 4. The maximum absolute atomic E-state index is 13.5. The van der Waals surface area contributed by atoms with Gasteiger partial charge in [-0.15, -0.1) is 0 Å². The summed E-state index contributed by atoms with van der Waals surface area (Å²) in [5.41, 5.74) is 3.92. The maximum atomic E-state index is 13.5. The standard InChI is InChI=1S/C21H19F2N3O/c1-26-7-4-21(27-18-10-16(22)9-17(23)11-18)19-3-2-14(8-15(19)13-26)20-12-24-5-6-25-20/h2-3,5-6,8-12,21H,4,7,13H2,1H3. The van der Waals surface area contributed by atoms with E-state index in [0.29, 0.717) is 0 Å². The smallest absolute Gasteiger partial charge is 0.129 e. The van der Waals surface area contributed by atoms with E-state index in [1.807, 2.05) is 19.2 Å². The van der Waals surface area contributed by atoms with Gasteiger partial charge >= 0.3 is 0 Å². The van der Waals surface area contributed by atoms with Crippen LogP contribution in [0.2, 0.25) is 0 Å². The Labute approximate surface area is 156 Å². The largest absolute Gasteiger partial charge is 0.485 e. The molecule has 4 rings (SSSR count). The zero-order valence-corrected chi connectivity index (χ0v) is 14.9. The molecular formula is C21H19F2N3O. The Morgan fingerprint density at radius 2 is 1.89 bits per heavy atom. The minimum Gasteiger partial charge on any atom is -0.485 e. The second-order valence-electron chi connectivity index (χ2n) is 6.74. The molecule has 6 heteroatoms. The van der Waals surface area contributed by atoms with E-state index in [1.54, 1.807) is 18.6 Å². The molecule has 0 aliphatic carbocycles. The lowest BCUT2D eigenvalue weighted by atomic mass is 9.98. The molecule has 0 spiro atoms. The molecule has 2 aromatic carbocycles. The van der Waals surface area contributed by atoms with Crippen molar-refractivity contribution in [1.29, 1.82) is 0 Å². The fraction of sp³-hybridized carbons (Fsp3) is 0.238. The molecule has 27 heavy (non-hydrogen) atoms. The van der Waals surface area contributed by atoms with Gasteiger partial charge in [0.15, 0.2) is 0 Å². The van der Waals surface area contributed by atoms with E-state index in [-0.39, 0.29) is 11.9 Å². The van der Waals surface area contributed by atoms with Crippen molar-refractivity contribution in [1.82, 2.24) is 14.9 Å². The van der Waals surface area contributed by atoms with Crippen LogP contribution in [0, 0.1) is 11.6 Å². The third-order valence-corrected chi connectivity index (χ3v) is 4.68. The van der Waals surface area contributed by atoms with Crippen LogP contribution in [0.25, 0.3) is 11.3 Å². The minimum absolute atomic E-state index is 0.200. The van der Waals surface area contributed by atoms with Crippen LogP contribution in [0.1, 0.15) is 23.7 Å². The van der Waals surface area contributed by atoms with Crippen LogP contribution in [0.4, 0.5) is 8.78 Å². The number of nitrogens with zero attached hydrogens (tertiary/aromatic N) is 3. The van der Waals surface area contributed by atoms with E-state index < -0.39 is 11.6 Å². The molecule has 0 amide bonds. The zero-order chi connectivity index (χ0) is 18.8. The van der Waals surface area contributed by atoms with Crippen molar-refractivity contribution >= 4 is 0 Å². The average Bonchev–Trinajstić information content (AvgIpc) is 2.80. The highest BCUT2D eigenvalue weighted by Gasteiger charge is 2.23. The zero-order valence-electron chi connectivity index (χ0n) is 14.9. The van der Waals surface area contributed by atoms with E-state index >= 15 is 0 Å². The van der Waals surface area contributed by atoms with Crippen molar-refractivity contribution in [2.24, 2.45) is 0 Å². The van der Waals surface area contributed by atoms with Gasteiger partial charge in [0.05, 0.1) is 11.9 Å². The second kappa shape index (κ2) is 7.40. The van der Waals surface area contributed by atoms with Crippen LogP contribution >= 0.6 is 0 Å². The predicted octanol–water partition coefficient (Wildman–Crippen LogP) is 4.38. The van der Waals surface area contributed by atoms with Crippen LogP contribution in [-0.4, -0.2) is 28.5 Å². The molecule has 0 fully saturated rings. The van der Waals surface area contributed by atoms with Gasteiger partial charge in [-0.1, -0.05) is 12.1 Å². The molecule has 2 heterocycles. The molecule has 1 atom stereocenters. The third-order valence-electron chi connectivity index (χ3n) is 4.68. The van der Waals surface area contributed by atoms with Gasteiger partial charge in [0.25, 0.3) is 0 Å². The quantitative estimate of drug-likeness (QED) is 0.689. The molecule has 4 nitrogen and oxygen atoms in total. The first-order chi connectivity index (χ1) is 13.1. The Morgan fingerprint density at radius 3 is 2.63 bits per heavy atom. The van der Waals surface area contributed by atoms with Crippen molar-refractivity contribution in [3.8, 4) is 17.0 Å². The van der Waals surface area contributed by atoms with Crippen LogP contribution in [-0.2, 0) is 6.54 Å². The molecule has 1 aliphatic heterocycles. The van der Waals surface area contributed by atoms with Crippen molar-refractivity contribution in [2.75, 3.05) is 13.6 Å². The number of fused-ring (bicyclic) bond motifs is 1. The highest BCUT2D eigenvalue weighted by molar-refractivity contribution is 5.60. The van der Waals surface area contributed by atoms with Gasteiger partial charge in [-0.3, -0.25) is 9.97 Å². The third kappa shape index (κ3) is 3.95. The van der Waals surface area contributed by atoms with E-state index in [0.717, 1.165) is 48.0 Å². The summed E-state index contributed by atoms with van der Waals surface area (Å²) in [5.74, 6) is -1.09. The lowest BCUT2D eigenvalue weighted by Crippen LogP contribution is -2.18. The molecule has 1 aliphatic rings. The van der Waals surface area contributed by atoms with Gasteiger partial charge in [-0.05, 0) is 24.2 Å². The van der Waals surface area contributed by atoms with Crippen LogP contribution < -0.4 is 4.74 Å². The minimum atomic E-state index is -0.644. The lowest BCUT2D eigenvalue weighted by Gasteiger charge is -2.20. The summed E-state index contributed by atoms with van der Waals surface area (Å²) < 4.78 is 33.0. The van der Waals surface area contributed by atoms with Crippen molar-refractivity contribution < 1.29 is 13.5 Å². The topological polar surface area (TPSA) is 38.2 Å². The summed E-state index contributed by atoms with van der Waals surface area (Å²) in [5, 5.41) is 0. The summed E-state index contributed by atoms with van der Waals surface area (Å²) in [6.07, 6.45) is 5.49. The highest BCUT2D eigenvalue weighted by Crippen LogP contribution is 2.33. The summed E-state index contributed by atoms with van der Waals surface area (Å²) in [4.78, 5) is 10.7. The van der Waals surface area contributed by atoms with Gasteiger partial charge in [-0.25, -0.2) is 8.78 Å². The molecule has 0 N–H and O–H groups in total. The van der Waals surface area contributed by atoms with Gasteiger partial charge in [0.2, 0.25) is 0 Å². The molecule has 138 valence electrons. The molecule has 0 radical (unpaired) electrons. The molecule has 0 saturated carbocycles. The normalized spacial score (nSPS) is 17.2. The first kappa shape index (κ1) is 17.5. The number of rotatable bonds is 3. The first-order valence-electron chi connectivity index (χ1n) is 8.79. The van der Waals surface area contributed by atoms with E-state index in [9.17, 15) is 8.78 Å². The van der Waals surface area contributed by atoms with E-state index in [2.05, 4.69) is 20.9 Å². The van der Waals surface area contributed by atoms with E-state index in [1.165, 1.54) is 12.1 Å². The molecule has 3 aromatic rings. The van der Waals surface area contributed by atoms with Gasteiger partial charge < -0.3 is 9.64 Å². The van der Waals surface area contributed by atoms with Crippen LogP contribution in [0.15, 0.2) is 55.0 Å². The molecule has 0 bridgehead atoms. The van der Waals surface area contributed by atoms with E-state index in [4.69, 9.17) is 4.74 Å². The summed E-state index contributed by atoms with van der Waals surface area (Å²) in [7, 11) is 2.04. The Balaban J connectivity index is 1.69. The SMILES string of the molecule is CN1CCC(Oc2cc(F)cc(F)c2)c2ccc(-c3cnccn3)cc2C1. The van der Waals surface area contributed by atoms with Gasteiger partial charge in [-0.2, -0.15) is 0 Å². The number of hydrogen-bond donors (Lipinski definition) is 0. The van der Waals surface area contributed by atoms with Crippen molar-refractivity contribution in [2.45, 2.75) is 19.1 Å². The number of benzene rings is 2. The maximum Gasteiger partial charge on any atom is 0.129 e. The average molecular weight is 367 g/mol. The fourth-order valence-electron chi connectivity index (χ4n) is 3.41. The number of ether oxygens (including phenoxy) is 1. The van der Waals surface area contributed by atoms with Crippen molar-refractivity contribution in [3.63, 3.8) is 0 Å². The molecule has 1 aromatic heterocycles. The highest BCUT2D eigenvalue weighted by atomic mass is 19.1. The molecular weight excluding hydrogens is 348 g/mol. The van der Waals surface area contributed by atoms with Gasteiger partial charge in [0.1, 0.15) is 23.5 Å². The second-order valence-corrected chi connectivity index (χ2v) is 6.74. The summed E-state index contributed by atoms with van der Waals surface area (Å²) in [6, 6.07) is 9.35. The Bertz CT molecular complexity index is 929. The predicted molar refractivity (Wildman–Crippen MR) is 98.1 cm³/mol. The van der Waals surface area contributed by atoms with Gasteiger partial charge in [0, 0.05) is 55.7 Å². The number of aromatic nitrogens is 2. The van der Waals surface area contributed by atoms with Crippen molar-refractivity contribution in [3.05, 3.63) is 77.8 Å². The molecule has 1 unspecified atom stereocenters. The fourth-order valence-corrected chi connectivity index (χ4v) is 3.41. The number of halogens is 2. The summed E-state index contributed by atoms with van der Waals surface area (Å²) in [6.45, 7) is 1.58. The van der Waals surface area contributed by atoms with Crippen LogP contribution in [0.3, 0.4) is 0 Å². The monoisotopic (exact) mass is 367 g/mol. The Hall–Kier alpha value is -2.86.